The quantitative estimate of drug-likeness (QED) is 0.654. The van der Waals surface area contributed by atoms with Crippen molar-refractivity contribution in [3.63, 3.8) is 0 Å². The van der Waals surface area contributed by atoms with E-state index in [0.29, 0.717) is 13.0 Å². The van der Waals surface area contributed by atoms with Crippen molar-refractivity contribution in [2.24, 2.45) is 0 Å². The van der Waals surface area contributed by atoms with E-state index in [9.17, 15) is 4.79 Å². The van der Waals surface area contributed by atoms with Crippen LogP contribution < -0.4 is 5.32 Å². The number of hydrogen-bond donors (Lipinski definition) is 1. The van der Waals surface area contributed by atoms with Gasteiger partial charge in [0.1, 0.15) is 0 Å². The van der Waals surface area contributed by atoms with E-state index in [4.69, 9.17) is 4.74 Å². The molecule has 1 aliphatic heterocycles. The van der Waals surface area contributed by atoms with Crippen LogP contribution in [0.5, 0.6) is 0 Å². The van der Waals surface area contributed by atoms with Crippen LogP contribution in [0.4, 0.5) is 0 Å². The second-order valence-corrected chi connectivity index (χ2v) is 4.55. The van der Waals surface area contributed by atoms with E-state index in [1.54, 1.807) is 0 Å². The smallest absolute Gasteiger partial charge is 0.224 e. The molecule has 1 aliphatic rings. The minimum absolute atomic E-state index is 0.236. The van der Waals surface area contributed by atoms with Crippen LogP contribution in [0, 0.1) is 0 Å². The predicted molar refractivity (Wildman–Crippen MR) is 69.0 cm³/mol. The molecular formula is C13H26N2O2. The summed E-state index contributed by atoms with van der Waals surface area (Å²) in [6, 6.07) is 0. The normalized spacial score (nSPS) is 16.2. The molecule has 1 fully saturated rings. The number of nitrogens with one attached hydrogen (secondary N) is 1. The average molecular weight is 242 g/mol. The SMILES string of the molecule is CCCCCCOCCC(=O)N1CCNCC1. The number of piperazine rings is 1. The van der Waals surface area contributed by atoms with Crippen LogP contribution in [0.25, 0.3) is 0 Å². The zero-order valence-electron chi connectivity index (χ0n) is 11.0. The predicted octanol–water partition coefficient (Wildman–Crippen LogP) is 1.41. The summed E-state index contributed by atoms with van der Waals surface area (Å²) in [5.74, 6) is 0.236. The van der Waals surface area contributed by atoms with Gasteiger partial charge in [0.25, 0.3) is 0 Å². The number of ether oxygens (including phenoxy) is 1. The lowest BCUT2D eigenvalue weighted by atomic mass is 10.2. The van der Waals surface area contributed by atoms with Gasteiger partial charge in [-0.05, 0) is 6.42 Å². The highest BCUT2D eigenvalue weighted by molar-refractivity contribution is 5.76. The number of amides is 1. The standard InChI is InChI=1S/C13H26N2O2/c1-2-3-4-5-11-17-12-6-13(16)15-9-7-14-8-10-15/h14H,2-12H2,1H3. The van der Waals surface area contributed by atoms with Crippen molar-refractivity contribution in [2.75, 3.05) is 39.4 Å². The van der Waals surface area contributed by atoms with E-state index in [0.717, 1.165) is 39.2 Å². The first-order valence-electron chi connectivity index (χ1n) is 6.91. The second kappa shape index (κ2) is 9.42. The van der Waals surface area contributed by atoms with Gasteiger partial charge in [-0.3, -0.25) is 4.79 Å². The van der Waals surface area contributed by atoms with Crippen LogP contribution in [0.2, 0.25) is 0 Å². The summed E-state index contributed by atoms with van der Waals surface area (Å²) in [5.41, 5.74) is 0. The minimum Gasteiger partial charge on any atom is -0.381 e. The molecule has 100 valence electrons. The van der Waals surface area contributed by atoms with Crippen LogP contribution in [0.3, 0.4) is 0 Å². The molecule has 0 aromatic rings. The zero-order valence-corrected chi connectivity index (χ0v) is 11.0. The highest BCUT2D eigenvalue weighted by atomic mass is 16.5. The van der Waals surface area contributed by atoms with E-state index in [1.807, 2.05) is 4.90 Å². The van der Waals surface area contributed by atoms with Crippen molar-refractivity contribution in [2.45, 2.75) is 39.0 Å². The maximum Gasteiger partial charge on any atom is 0.224 e. The molecule has 0 atom stereocenters. The van der Waals surface area contributed by atoms with Crippen molar-refractivity contribution in [1.82, 2.24) is 10.2 Å². The highest BCUT2D eigenvalue weighted by Gasteiger charge is 2.15. The van der Waals surface area contributed by atoms with Crippen molar-refractivity contribution < 1.29 is 9.53 Å². The van der Waals surface area contributed by atoms with Gasteiger partial charge in [-0.25, -0.2) is 0 Å². The Kier molecular flexibility index (Phi) is 8.01. The molecule has 0 aliphatic carbocycles. The second-order valence-electron chi connectivity index (χ2n) is 4.55. The number of hydrogen-bond acceptors (Lipinski definition) is 3. The summed E-state index contributed by atoms with van der Waals surface area (Å²) >= 11 is 0. The number of unbranched alkanes of at least 4 members (excludes halogenated alkanes) is 3. The topological polar surface area (TPSA) is 41.6 Å². The van der Waals surface area contributed by atoms with Crippen LogP contribution >= 0.6 is 0 Å². The Morgan fingerprint density at radius 2 is 1.94 bits per heavy atom. The third-order valence-electron chi connectivity index (χ3n) is 3.07. The van der Waals surface area contributed by atoms with E-state index in [2.05, 4.69) is 12.2 Å². The third kappa shape index (κ3) is 6.64. The largest absolute Gasteiger partial charge is 0.381 e. The van der Waals surface area contributed by atoms with Gasteiger partial charge in [0, 0.05) is 32.8 Å². The highest BCUT2D eigenvalue weighted by Crippen LogP contribution is 2.00. The molecule has 4 heteroatoms. The molecule has 1 N–H and O–H groups in total. The summed E-state index contributed by atoms with van der Waals surface area (Å²) in [4.78, 5) is 13.7. The van der Waals surface area contributed by atoms with Gasteiger partial charge in [-0.15, -0.1) is 0 Å². The zero-order chi connectivity index (χ0) is 12.3. The number of carbonyl (C=O) groups is 1. The lowest BCUT2D eigenvalue weighted by Gasteiger charge is -2.27. The van der Waals surface area contributed by atoms with Gasteiger partial charge in [-0.1, -0.05) is 26.2 Å². The van der Waals surface area contributed by atoms with Gasteiger partial charge in [0.2, 0.25) is 5.91 Å². The molecule has 4 nitrogen and oxygen atoms in total. The summed E-state index contributed by atoms with van der Waals surface area (Å²) < 4.78 is 5.48. The summed E-state index contributed by atoms with van der Waals surface area (Å²) in [5, 5.41) is 3.24. The maximum absolute atomic E-state index is 11.8. The van der Waals surface area contributed by atoms with Gasteiger partial charge < -0.3 is 15.0 Å². The minimum atomic E-state index is 0.236. The van der Waals surface area contributed by atoms with Gasteiger partial charge >= 0.3 is 0 Å². The van der Waals surface area contributed by atoms with Crippen molar-refractivity contribution >= 4 is 5.91 Å². The fraction of sp³-hybridized carbons (Fsp3) is 0.923. The van der Waals surface area contributed by atoms with Crippen LogP contribution in [0.15, 0.2) is 0 Å². The molecule has 17 heavy (non-hydrogen) atoms. The Morgan fingerprint density at radius 3 is 2.65 bits per heavy atom. The Morgan fingerprint density at radius 1 is 1.18 bits per heavy atom. The first-order chi connectivity index (χ1) is 8.34. The average Bonchev–Trinajstić information content (AvgIpc) is 2.38. The molecule has 1 rings (SSSR count). The van der Waals surface area contributed by atoms with Gasteiger partial charge in [0.15, 0.2) is 0 Å². The molecule has 0 saturated carbocycles. The molecular weight excluding hydrogens is 216 g/mol. The van der Waals surface area contributed by atoms with Crippen molar-refractivity contribution in [3.05, 3.63) is 0 Å². The Balaban J connectivity index is 1.92. The molecule has 0 aromatic carbocycles. The fourth-order valence-electron chi connectivity index (χ4n) is 1.96. The fourth-order valence-corrected chi connectivity index (χ4v) is 1.96. The van der Waals surface area contributed by atoms with Crippen molar-refractivity contribution in [3.8, 4) is 0 Å². The molecule has 0 aromatic heterocycles. The monoisotopic (exact) mass is 242 g/mol. The summed E-state index contributed by atoms with van der Waals surface area (Å²) in [6.07, 6.45) is 5.43. The summed E-state index contributed by atoms with van der Waals surface area (Å²) in [7, 11) is 0. The molecule has 0 spiro atoms. The first-order valence-corrected chi connectivity index (χ1v) is 6.91. The molecule has 1 heterocycles. The van der Waals surface area contributed by atoms with Gasteiger partial charge in [-0.2, -0.15) is 0 Å². The van der Waals surface area contributed by atoms with Crippen LogP contribution in [-0.2, 0) is 9.53 Å². The Bertz CT molecular complexity index is 204. The van der Waals surface area contributed by atoms with Gasteiger partial charge in [0.05, 0.1) is 13.0 Å². The van der Waals surface area contributed by atoms with E-state index in [-0.39, 0.29) is 5.91 Å². The van der Waals surface area contributed by atoms with E-state index < -0.39 is 0 Å². The van der Waals surface area contributed by atoms with E-state index in [1.165, 1.54) is 19.3 Å². The maximum atomic E-state index is 11.8. The Labute approximate surface area is 105 Å². The first kappa shape index (κ1) is 14.5. The molecule has 1 amide bonds. The molecule has 1 saturated heterocycles. The Hall–Kier alpha value is -0.610. The lowest BCUT2D eigenvalue weighted by Crippen LogP contribution is -2.46. The summed E-state index contributed by atoms with van der Waals surface area (Å²) in [6.45, 7) is 7.11. The molecule has 0 bridgehead atoms. The van der Waals surface area contributed by atoms with Crippen LogP contribution in [0.1, 0.15) is 39.0 Å². The third-order valence-corrected chi connectivity index (χ3v) is 3.07. The van der Waals surface area contributed by atoms with Crippen molar-refractivity contribution in [1.29, 1.82) is 0 Å². The molecule has 0 radical (unpaired) electrons. The van der Waals surface area contributed by atoms with Crippen LogP contribution in [-0.4, -0.2) is 50.2 Å². The van der Waals surface area contributed by atoms with E-state index >= 15 is 0 Å². The molecule has 0 unspecified atom stereocenters. The number of rotatable bonds is 8. The lowest BCUT2D eigenvalue weighted by molar-refractivity contribution is -0.132. The number of carbonyl (C=O) groups excluding carboxylic acids is 1. The number of nitrogens with zero attached hydrogens (tertiary/aromatic N) is 1.